The molecule has 0 spiro atoms. The Balaban J connectivity index is 0.00000280. The highest BCUT2D eigenvalue weighted by molar-refractivity contribution is 7.93. The van der Waals surface area contributed by atoms with Gasteiger partial charge in [-0.05, 0) is 74.3 Å². The van der Waals surface area contributed by atoms with Gasteiger partial charge < -0.3 is 25.4 Å². The van der Waals surface area contributed by atoms with E-state index < -0.39 is 0 Å². The van der Waals surface area contributed by atoms with E-state index in [1.165, 1.54) is 0 Å². The number of hydrogen-bond acceptors (Lipinski definition) is 7. The van der Waals surface area contributed by atoms with Crippen LogP contribution in [0.25, 0.3) is 11.3 Å². The molecular weight excluding hydrogens is 512 g/mol. The number of aryl methyl sites for hydroxylation is 2. The van der Waals surface area contributed by atoms with E-state index in [4.69, 9.17) is 10.5 Å². The van der Waals surface area contributed by atoms with Gasteiger partial charge in [-0.25, -0.2) is 4.98 Å². The summed E-state index contributed by atoms with van der Waals surface area (Å²) in [5, 5.41) is 0. The summed E-state index contributed by atoms with van der Waals surface area (Å²) in [6, 6.07) is 15.1. The van der Waals surface area contributed by atoms with Crippen LogP contribution < -0.4 is 10.5 Å². The summed E-state index contributed by atoms with van der Waals surface area (Å²) in [4.78, 5) is 25.4. The van der Waals surface area contributed by atoms with Gasteiger partial charge in [0.15, 0.2) is 0 Å². The number of amides is 1. The fourth-order valence-electron chi connectivity index (χ4n) is 5.12. The van der Waals surface area contributed by atoms with E-state index in [0.29, 0.717) is 28.4 Å². The Morgan fingerprint density at radius 3 is 2.41 bits per heavy atom. The number of anilines is 1. The standard InChI is InChI=1S/C30H38N4O3S.H2O.H2/c1-19-9-6-10-20(2)27(19)25-16-26(33-29(31)32-25)37-18-23(17-30(3,4)5)34(22-12-8-13-22)28(35)21-11-7-14-24(15-21)38-36;;/h6-7,9-11,14-16,22-23,36H,8,12-13,17-18H2,1-5H3,(H2,31,32,33);1H2;1H/t23-;;/m1../s1. The zero-order valence-electron chi connectivity index (χ0n) is 23.4. The summed E-state index contributed by atoms with van der Waals surface area (Å²) >= 11 is 0.647. The van der Waals surface area contributed by atoms with Gasteiger partial charge in [-0.15, -0.1) is 0 Å². The lowest BCUT2D eigenvalue weighted by atomic mass is 9.84. The molecule has 3 aromatic rings. The van der Waals surface area contributed by atoms with Crippen LogP contribution in [0.1, 0.15) is 69.4 Å². The third kappa shape index (κ3) is 7.50. The number of nitrogens with two attached hydrogens (primary N) is 1. The molecule has 1 fully saturated rings. The molecule has 0 radical (unpaired) electrons. The smallest absolute Gasteiger partial charge is 0.254 e. The maximum Gasteiger partial charge on any atom is 0.254 e. The monoisotopic (exact) mass is 554 g/mol. The second-order valence-electron chi connectivity index (χ2n) is 11.4. The van der Waals surface area contributed by atoms with Gasteiger partial charge in [0.05, 0.1) is 11.7 Å². The molecule has 1 aromatic heterocycles. The number of carbonyl (C=O) groups excluding carboxylic acids is 1. The van der Waals surface area contributed by atoms with E-state index in [-0.39, 0.29) is 42.9 Å². The van der Waals surface area contributed by atoms with Crippen molar-refractivity contribution in [2.75, 3.05) is 12.3 Å². The summed E-state index contributed by atoms with van der Waals surface area (Å²) in [5.74, 6) is 0.508. The van der Waals surface area contributed by atoms with Gasteiger partial charge in [-0.2, -0.15) is 4.98 Å². The molecule has 1 aliphatic rings. The Labute approximate surface area is 237 Å². The maximum absolute atomic E-state index is 13.9. The lowest BCUT2D eigenvalue weighted by Gasteiger charge is -2.44. The highest BCUT2D eigenvalue weighted by Gasteiger charge is 2.37. The Morgan fingerprint density at radius 2 is 1.82 bits per heavy atom. The van der Waals surface area contributed by atoms with Gasteiger partial charge in [0.1, 0.15) is 6.61 Å². The van der Waals surface area contributed by atoms with Gasteiger partial charge >= 0.3 is 0 Å². The van der Waals surface area contributed by atoms with Crippen LogP contribution in [0.3, 0.4) is 0 Å². The van der Waals surface area contributed by atoms with Crippen LogP contribution in [0.2, 0.25) is 0 Å². The predicted molar refractivity (Wildman–Crippen MR) is 159 cm³/mol. The molecule has 5 N–H and O–H groups in total. The molecule has 1 amide bonds. The number of benzene rings is 2. The van der Waals surface area contributed by atoms with Crippen LogP contribution in [0.4, 0.5) is 5.95 Å². The quantitative estimate of drug-likeness (QED) is 0.301. The van der Waals surface area contributed by atoms with Crippen LogP contribution >= 0.6 is 12.0 Å². The summed E-state index contributed by atoms with van der Waals surface area (Å²) in [6.07, 6.45) is 3.80. The lowest BCUT2D eigenvalue weighted by molar-refractivity contribution is 0.0244. The van der Waals surface area contributed by atoms with Crippen LogP contribution in [0.15, 0.2) is 53.4 Å². The van der Waals surface area contributed by atoms with E-state index in [1.807, 2.05) is 49.1 Å². The van der Waals surface area contributed by atoms with Crippen LogP contribution in [0, 0.1) is 19.3 Å². The second-order valence-corrected chi connectivity index (χ2v) is 12.0. The zero-order valence-corrected chi connectivity index (χ0v) is 24.2. The Bertz CT molecular complexity index is 1280. The first-order chi connectivity index (χ1) is 18.1. The first kappa shape index (κ1) is 30.4. The number of ether oxygens (including phenoxy) is 1. The van der Waals surface area contributed by atoms with E-state index in [2.05, 4.69) is 30.7 Å². The molecule has 39 heavy (non-hydrogen) atoms. The van der Waals surface area contributed by atoms with E-state index in [9.17, 15) is 9.35 Å². The molecular formula is C30H42N4O4S. The molecule has 0 saturated heterocycles. The lowest BCUT2D eigenvalue weighted by Crippen LogP contribution is -2.53. The van der Waals surface area contributed by atoms with E-state index in [1.54, 1.807) is 18.2 Å². The second kappa shape index (κ2) is 12.8. The fraction of sp³-hybridized carbons (Fsp3) is 0.433. The van der Waals surface area contributed by atoms with Gasteiger partial charge in [0.2, 0.25) is 11.8 Å². The fourth-order valence-corrected chi connectivity index (χ4v) is 5.44. The summed E-state index contributed by atoms with van der Waals surface area (Å²) in [6.45, 7) is 10.9. The molecule has 1 atom stereocenters. The number of aromatic nitrogens is 2. The van der Waals surface area contributed by atoms with Crippen molar-refractivity contribution in [3.8, 4) is 17.1 Å². The maximum atomic E-state index is 13.9. The average molecular weight is 555 g/mol. The molecule has 212 valence electrons. The van der Waals surface area contributed by atoms with E-state index >= 15 is 0 Å². The van der Waals surface area contributed by atoms with Crippen molar-refractivity contribution in [3.63, 3.8) is 0 Å². The zero-order chi connectivity index (χ0) is 27.4. The molecule has 9 heteroatoms. The number of hydrogen-bond donors (Lipinski definition) is 2. The Morgan fingerprint density at radius 1 is 1.15 bits per heavy atom. The Hall–Kier alpha value is -3.14. The first-order valence-electron chi connectivity index (χ1n) is 13.1. The summed E-state index contributed by atoms with van der Waals surface area (Å²) in [5.41, 5.74) is 10.6. The first-order valence-corrected chi connectivity index (χ1v) is 13.9. The van der Waals surface area contributed by atoms with Gasteiger partial charge in [0.25, 0.3) is 5.91 Å². The van der Waals surface area contributed by atoms with Crippen molar-refractivity contribution >= 4 is 23.9 Å². The van der Waals surface area contributed by atoms with Crippen molar-refractivity contribution in [2.24, 2.45) is 5.41 Å². The number of rotatable bonds is 9. The SMILES string of the molecule is Cc1cccc(C)c1-c1cc(OC[C@@H](CC(C)(C)C)N(C(=O)c2cccc(SO)c2)C2CCC2)nc(N)n1.O.[HH]. The highest BCUT2D eigenvalue weighted by Crippen LogP contribution is 2.34. The van der Waals surface area contributed by atoms with Gasteiger partial charge in [-0.1, -0.05) is 45.0 Å². The molecule has 2 aromatic carbocycles. The van der Waals surface area contributed by atoms with Crippen molar-refractivity contribution in [2.45, 2.75) is 77.3 Å². The number of nitrogens with zero attached hydrogens (tertiary/aromatic N) is 3. The normalized spacial score (nSPS) is 14.2. The van der Waals surface area contributed by atoms with Crippen molar-refractivity contribution in [1.82, 2.24) is 14.9 Å². The summed E-state index contributed by atoms with van der Waals surface area (Å²) in [7, 11) is 0. The third-order valence-electron chi connectivity index (χ3n) is 7.01. The minimum atomic E-state index is -0.168. The number of nitrogen functional groups attached to an aromatic ring is 1. The molecule has 0 bridgehead atoms. The van der Waals surface area contributed by atoms with Crippen LogP contribution in [-0.4, -0.2) is 49.5 Å². The third-order valence-corrected chi connectivity index (χ3v) is 7.48. The van der Waals surface area contributed by atoms with Gasteiger partial charge in [0, 0.05) is 41.6 Å². The average Bonchev–Trinajstić information content (AvgIpc) is 2.82. The summed E-state index contributed by atoms with van der Waals surface area (Å²) < 4.78 is 15.8. The van der Waals surface area contributed by atoms with E-state index in [0.717, 1.165) is 48.1 Å². The van der Waals surface area contributed by atoms with Crippen LogP contribution in [-0.2, 0) is 0 Å². The number of carbonyl (C=O) groups is 1. The molecule has 4 rings (SSSR count). The minimum Gasteiger partial charge on any atom is -0.475 e. The molecule has 1 heterocycles. The van der Waals surface area contributed by atoms with Gasteiger partial charge in [-0.3, -0.25) is 4.79 Å². The predicted octanol–water partition coefficient (Wildman–Crippen LogP) is 6.21. The topological polar surface area (TPSA) is 133 Å². The molecule has 1 saturated carbocycles. The minimum absolute atomic E-state index is 0. The highest BCUT2D eigenvalue weighted by atomic mass is 32.2. The largest absolute Gasteiger partial charge is 0.475 e. The van der Waals surface area contributed by atoms with Crippen molar-refractivity contribution in [1.29, 1.82) is 0 Å². The molecule has 0 aliphatic heterocycles. The van der Waals surface area contributed by atoms with Crippen molar-refractivity contribution in [3.05, 3.63) is 65.2 Å². The molecule has 1 aliphatic carbocycles. The van der Waals surface area contributed by atoms with Crippen LogP contribution in [0.5, 0.6) is 5.88 Å². The molecule has 8 nitrogen and oxygen atoms in total. The Kier molecular flexibility index (Phi) is 9.98. The van der Waals surface area contributed by atoms with Crippen molar-refractivity contribution < 1.29 is 21.0 Å². The molecule has 0 unspecified atom stereocenters.